The van der Waals surface area contributed by atoms with Crippen molar-refractivity contribution in [1.29, 1.82) is 0 Å². The lowest BCUT2D eigenvalue weighted by molar-refractivity contribution is -0.180. The van der Waals surface area contributed by atoms with Crippen molar-refractivity contribution in [2.24, 2.45) is 0 Å². The van der Waals surface area contributed by atoms with Gasteiger partial charge in [0.05, 0.1) is 6.10 Å². The number of ether oxygens (including phenoxy) is 1. The van der Waals surface area contributed by atoms with E-state index in [0.29, 0.717) is 0 Å². The Balaban J connectivity index is 2.01. The zero-order chi connectivity index (χ0) is 5.98. The van der Waals surface area contributed by atoms with Crippen LogP contribution >= 0.6 is 0 Å². The maximum absolute atomic E-state index is 11.3. The molecule has 1 aliphatic rings. The first kappa shape index (κ1) is 5.95. The Kier molecular flexibility index (Phi) is 1.78. The quantitative estimate of drug-likeness (QED) is 0.542. The molecular formula is C5H8F2O. The Morgan fingerprint density at radius 1 is 1.38 bits per heavy atom. The van der Waals surface area contributed by atoms with E-state index in [1.165, 1.54) is 0 Å². The molecule has 0 radical (unpaired) electrons. The maximum atomic E-state index is 11.3. The molecule has 0 saturated heterocycles. The van der Waals surface area contributed by atoms with Crippen LogP contribution in [0.2, 0.25) is 0 Å². The van der Waals surface area contributed by atoms with E-state index in [-0.39, 0.29) is 6.10 Å². The minimum absolute atomic E-state index is 0.144. The van der Waals surface area contributed by atoms with Crippen LogP contribution in [0.4, 0.5) is 8.78 Å². The summed E-state index contributed by atoms with van der Waals surface area (Å²) in [5, 5.41) is 0. The molecule has 0 aromatic rings. The normalized spacial score (nSPS) is 21.4. The molecule has 0 unspecified atom stereocenters. The first-order valence-electron chi connectivity index (χ1n) is 2.72. The molecule has 1 rings (SSSR count). The summed E-state index contributed by atoms with van der Waals surface area (Å²) in [6, 6.07) is 0. The summed E-state index contributed by atoms with van der Waals surface area (Å²) in [7, 11) is 0. The Labute approximate surface area is 46.6 Å². The standard InChI is InChI=1S/C5H8F2O/c6-5(7)8-4-2-1-3-4/h4-5H,1-3H2. The van der Waals surface area contributed by atoms with E-state index in [9.17, 15) is 8.78 Å². The van der Waals surface area contributed by atoms with Gasteiger partial charge in [0.2, 0.25) is 0 Å². The summed E-state index contributed by atoms with van der Waals surface area (Å²) < 4.78 is 26.7. The van der Waals surface area contributed by atoms with Gasteiger partial charge in [-0.05, 0) is 19.3 Å². The summed E-state index contributed by atoms with van der Waals surface area (Å²) in [5.74, 6) is 0. The molecule has 0 atom stereocenters. The van der Waals surface area contributed by atoms with E-state index in [0.717, 1.165) is 19.3 Å². The van der Waals surface area contributed by atoms with E-state index in [1.54, 1.807) is 0 Å². The fourth-order valence-corrected chi connectivity index (χ4v) is 0.652. The molecule has 0 aromatic heterocycles. The van der Waals surface area contributed by atoms with Gasteiger partial charge < -0.3 is 4.74 Å². The van der Waals surface area contributed by atoms with Crippen LogP contribution in [-0.4, -0.2) is 12.7 Å². The van der Waals surface area contributed by atoms with Crippen molar-refractivity contribution in [3.05, 3.63) is 0 Å². The smallest absolute Gasteiger partial charge is 0.320 e. The van der Waals surface area contributed by atoms with Gasteiger partial charge in [0, 0.05) is 0 Å². The van der Waals surface area contributed by atoms with Crippen LogP contribution < -0.4 is 0 Å². The fourth-order valence-electron chi connectivity index (χ4n) is 0.652. The Hall–Kier alpha value is -0.180. The van der Waals surface area contributed by atoms with Gasteiger partial charge in [0.25, 0.3) is 0 Å². The van der Waals surface area contributed by atoms with Crippen molar-refractivity contribution < 1.29 is 13.5 Å². The predicted octanol–water partition coefficient (Wildman–Crippen LogP) is 1.78. The molecule has 0 spiro atoms. The highest BCUT2D eigenvalue weighted by atomic mass is 19.3. The summed E-state index contributed by atoms with van der Waals surface area (Å²) >= 11 is 0. The number of rotatable bonds is 2. The van der Waals surface area contributed by atoms with Crippen molar-refractivity contribution in [2.75, 3.05) is 0 Å². The molecule has 0 amide bonds. The fraction of sp³-hybridized carbons (Fsp3) is 1.00. The van der Waals surface area contributed by atoms with Gasteiger partial charge in [-0.2, -0.15) is 8.78 Å². The Morgan fingerprint density at radius 3 is 2.12 bits per heavy atom. The highest BCUT2D eigenvalue weighted by Crippen LogP contribution is 2.23. The lowest BCUT2D eigenvalue weighted by Gasteiger charge is -2.24. The molecule has 1 saturated carbocycles. The third-order valence-electron chi connectivity index (χ3n) is 1.35. The van der Waals surface area contributed by atoms with Crippen LogP contribution in [0, 0.1) is 0 Å². The highest BCUT2D eigenvalue weighted by Gasteiger charge is 2.21. The first-order valence-corrected chi connectivity index (χ1v) is 2.72. The Morgan fingerprint density at radius 2 is 2.00 bits per heavy atom. The average molecular weight is 122 g/mol. The highest BCUT2D eigenvalue weighted by molar-refractivity contribution is 4.68. The third kappa shape index (κ3) is 1.40. The first-order chi connectivity index (χ1) is 3.79. The molecule has 1 fully saturated rings. The van der Waals surface area contributed by atoms with Crippen LogP contribution in [0.15, 0.2) is 0 Å². The molecule has 8 heavy (non-hydrogen) atoms. The maximum Gasteiger partial charge on any atom is 0.345 e. The topological polar surface area (TPSA) is 9.23 Å². The molecule has 0 aromatic carbocycles. The van der Waals surface area contributed by atoms with Crippen molar-refractivity contribution in [1.82, 2.24) is 0 Å². The van der Waals surface area contributed by atoms with Gasteiger partial charge >= 0.3 is 6.61 Å². The summed E-state index contributed by atoms with van der Waals surface area (Å²) in [6.45, 7) is -2.57. The van der Waals surface area contributed by atoms with Crippen LogP contribution in [0.1, 0.15) is 19.3 Å². The van der Waals surface area contributed by atoms with Crippen molar-refractivity contribution in [3.8, 4) is 0 Å². The van der Waals surface area contributed by atoms with Crippen LogP contribution in [-0.2, 0) is 4.74 Å². The molecule has 0 N–H and O–H groups in total. The van der Waals surface area contributed by atoms with E-state index in [4.69, 9.17) is 0 Å². The molecule has 1 aliphatic carbocycles. The monoisotopic (exact) mass is 122 g/mol. The summed E-state index contributed by atoms with van der Waals surface area (Å²) in [6.07, 6.45) is 2.52. The third-order valence-corrected chi connectivity index (χ3v) is 1.35. The zero-order valence-electron chi connectivity index (χ0n) is 4.44. The number of hydrogen-bond acceptors (Lipinski definition) is 1. The summed E-state index contributed by atoms with van der Waals surface area (Å²) in [4.78, 5) is 0. The second-order valence-electron chi connectivity index (χ2n) is 1.95. The lowest BCUT2D eigenvalue weighted by atomic mass is 9.96. The SMILES string of the molecule is FC(F)OC1CCC1. The van der Waals surface area contributed by atoms with Crippen LogP contribution in [0.3, 0.4) is 0 Å². The van der Waals surface area contributed by atoms with Crippen molar-refractivity contribution >= 4 is 0 Å². The summed E-state index contributed by atoms with van der Waals surface area (Å²) in [5.41, 5.74) is 0. The van der Waals surface area contributed by atoms with E-state index >= 15 is 0 Å². The lowest BCUT2D eigenvalue weighted by Crippen LogP contribution is -2.23. The van der Waals surface area contributed by atoms with Gasteiger partial charge in [-0.25, -0.2) is 0 Å². The molecule has 1 nitrogen and oxygen atoms in total. The molecule has 0 aliphatic heterocycles. The number of hydrogen-bond donors (Lipinski definition) is 0. The molecule has 3 heteroatoms. The molecule has 48 valence electrons. The average Bonchev–Trinajstić information content (AvgIpc) is 1.55. The van der Waals surface area contributed by atoms with E-state index in [2.05, 4.69) is 4.74 Å². The van der Waals surface area contributed by atoms with Crippen LogP contribution in [0.25, 0.3) is 0 Å². The second kappa shape index (κ2) is 2.40. The van der Waals surface area contributed by atoms with Gasteiger partial charge in [0.15, 0.2) is 0 Å². The molecule has 0 heterocycles. The minimum atomic E-state index is -2.57. The Bertz CT molecular complexity index is 70.8. The van der Waals surface area contributed by atoms with Gasteiger partial charge in [-0.3, -0.25) is 0 Å². The van der Waals surface area contributed by atoms with Gasteiger partial charge in [-0.15, -0.1) is 0 Å². The van der Waals surface area contributed by atoms with Gasteiger partial charge in [0.1, 0.15) is 0 Å². The van der Waals surface area contributed by atoms with Gasteiger partial charge in [-0.1, -0.05) is 0 Å². The number of alkyl halides is 2. The van der Waals surface area contributed by atoms with Crippen LogP contribution in [0.5, 0.6) is 0 Å². The van der Waals surface area contributed by atoms with Crippen molar-refractivity contribution in [2.45, 2.75) is 32.0 Å². The van der Waals surface area contributed by atoms with Crippen molar-refractivity contribution in [3.63, 3.8) is 0 Å². The minimum Gasteiger partial charge on any atom is -0.320 e. The zero-order valence-corrected chi connectivity index (χ0v) is 4.44. The van der Waals surface area contributed by atoms with E-state index < -0.39 is 6.61 Å². The second-order valence-corrected chi connectivity index (χ2v) is 1.95. The molecule has 0 bridgehead atoms. The predicted molar refractivity (Wildman–Crippen MR) is 24.7 cm³/mol. The largest absolute Gasteiger partial charge is 0.345 e. The molecular weight excluding hydrogens is 114 g/mol. The number of halogens is 2. The van der Waals surface area contributed by atoms with E-state index in [1.807, 2.05) is 0 Å².